The molecule has 1 heterocycles. The van der Waals surface area contributed by atoms with Crippen LogP contribution in [-0.2, 0) is 10.0 Å². The van der Waals surface area contributed by atoms with E-state index in [1.165, 1.54) is 18.2 Å². The van der Waals surface area contributed by atoms with E-state index in [1.54, 1.807) is 12.1 Å². The minimum Gasteiger partial charge on any atom is -0.378 e. The minimum absolute atomic E-state index is 0.0776. The molecular weight excluding hydrogens is 415 g/mol. The Morgan fingerprint density at radius 3 is 2.23 bits per heavy atom. The highest BCUT2D eigenvalue weighted by atomic mass is 32.2. The van der Waals surface area contributed by atoms with E-state index in [0.717, 1.165) is 43.1 Å². The Hall–Kier alpha value is -2.42. The van der Waals surface area contributed by atoms with Gasteiger partial charge in [-0.1, -0.05) is 18.2 Å². The third-order valence-electron chi connectivity index (χ3n) is 5.57. The molecular formula is C23H31FN4O2S. The minimum atomic E-state index is -3.40. The van der Waals surface area contributed by atoms with Crippen LogP contribution >= 0.6 is 0 Å². The maximum Gasteiger partial charge on any atom is 0.215 e. The highest BCUT2D eigenvalue weighted by Crippen LogP contribution is 2.26. The smallest absolute Gasteiger partial charge is 0.215 e. The highest BCUT2D eigenvalue weighted by Gasteiger charge is 2.26. The molecule has 2 aromatic rings. The Kier molecular flexibility index (Phi) is 7.69. The van der Waals surface area contributed by atoms with Crippen LogP contribution in [0, 0.1) is 5.82 Å². The second kappa shape index (κ2) is 10.3. The lowest BCUT2D eigenvalue weighted by Crippen LogP contribution is -2.50. The standard InChI is InChI=1S/C23H31FN4O2S/c1-4-17-31(29,30)25-18-23(19-5-9-21(10-6-19)26(2)3)28-15-13-27(14-16-28)22-11-7-20(24)8-12-22/h4-12,23,25H,1,13-18H2,2-3H3. The summed E-state index contributed by atoms with van der Waals surface area (Å²) in [5, 5.41) is 0. The number of hydrogen-bond donors (Lipinski definition) is 1. The van der Waals surface area contributed by atoms with Gasteiger partial charge in [0.2, 0.25) is 10.0 Å². The molecule has 1 saturated heterocycles. The van der Waals surface area contributed by atoms with Crippen LogP contribution < -0.4 is 14.5 Å². The first kappa shape index (κ1) is 23.2. The lowest BCUT2D eigenvalue weighted by Gasteiger charge is -2.40. The Morgan fingerprint density at radius 1 is 1.06 bits per heavy atom. The van der Waals surface area contributed by atoms with Gasteiger partial charge in [0.15, 0.2) is 0 Å². The van der Waals surface area contributed by atoms with Crippen LogP contribution in [0.2, 0.25) is 0 Å². The third-order valence-corrected chi connectivity index (χ3v) is 6.86. The fourth-order valence-electron chi connectivity index (χ4n) is 3.82. The lowest BCUT2D eigenvalue weighted by atomic mass is 10.0. The molecule has 0 aliphatic carbocycles. The van der Waals surface area contributed by atoms with Crippen LogP contribution in [0.5, 0.6) is 0 Å². The SMILES string of the molecule is C=CCS(=O)(=O)NCC(c1ccc(N(C)C)cc1)N1CCN(c2ccc(F)cc2)CC1. The number of anilines is 2. The Bertz CT molecular complexity index is 954. The summed E-state index contributed by atoms with van der Waals surface area (Å²) in [5.74, 6) is -0.340. The maximum absolute atomic E-state index is 13.2. The number of nitrogens with zero attached hydrogens (tertiary/aromatic N) is 3. The van der Waals surface area contributed by atoms with Gasteiger partial charge in [0.25, 0.3) is 0 Å². The van der Waals surface area contributed by atoms with Crippen LogP contribution in [0.3, 0.4) is 0 Å². The second-order valence-corrected chi connectivity index (χ2v) is 9.77. The predicted molar refractivity (Wildman–Crippen MR) is 126 cm³/mol. The first-order valence-electron chi connectivity index (χ1n) is 10.4. The highest BCUT2D eigenvalue weighted by molar-refractivity contribution is 7.89. The Morgan fingerprint density at radius 2 is 1.68 bits per heavy atom. The summed E-state index contributed by atoms with van der Waals surface area (Å²) in [5.41, 5.74) is 3.16. The van der Waals surface area contributed by atoms with Crippen molar-refractivity contribution in [3.8, 4) is 0 Å². The molecule has 1 fully saturated rings. The van der Waals surface area contributed by atoms with Gasteiger partial charge in [-0.25, -0.2) is 17.5 Å². The van der Waals surface area contributed by atoms with Gasteiger partial charge in [0.05, 0.1) is 5.75 Å². The van der Waals surface area contributed by atoms with Crippen molar-refractivity contribution in [1.29, 1.82) is 0 Å². The largest absolute Gasteiger partial charge is 0.378 e. The summed E-state index contributed by atoms with van der Waals surface area (Å²) in [6.07, 6.45) is 1.39. The van der Waals surface area contributed by atoms with E-state index in [1.807, 2.05) is 19.0 Å². The average molecular weight is 447 g/mol. The molecule has 8 heteroatoms. The zero-order valence-corrected chi connectivity index (χ0v) is 19.0. The zero-order valence-electron chi connectivity index (χ0n) is 18.2. The zero-order chi connectivity index (χ0) is 22.4. The molecule has 0 amide bonds. The van der Waals surface area contributed by atoms with Gasteiger partial charge < -0.3 is 9.80 Å². The summed E-state index contributed by atoms with van der Waals surface area (Å²) in [4.78, 5) is 6.57. The van der Waals surface area contributed by atoms with E-state index in [0.29, 0.717) is 6.54 Å². The molecule has 1 aliphatic rings. The quantitative estimate of drug-likeness (QED) is 0.601. The molecule has 1 aliphatic heterocycles. The Labute approximate surface area is 185 Å². The van der Waals surface area contributed by atoms with Crippen LogP contribution in [-0.4, -0.2) is 65.9 Å². The summed E-state index contributed by atoms with van der Waals surface area (Å²) >= 11 is 0. The predicted octanol–water partition coefficient (Wildman–Crippen LogP) is 2.86. The Balaban J connectivity index is 1.74. The van der Waals surface area contributed by atoms with E-state index in [-0.39, 0.29) is 17.6 Å². The molecule has 1 atom stereocenters. The van der Waals surface area contributed by atoms with Crippen molar-refractivity contribution in [1.82, 2.24) is 9.62 Å². The molecule has 31 heavy (non-hydrogen) atoms. The molecule has 3 rings (SSSR count). The number of halogens is 1. The average Bonchev–Trinajstić information content (AvgIpc) is 2.75. The van der Waals surface area contributed by atoms with Crippen LogP contribution in [0.15, 0.2) is 61.2 Å². The van der Waals surface area contributed by atoms with Crippen LogP contribution in [0.25, 0.3) is 0 Å². The van der Waals surface area contributed by atoms with E-state index in [2.05, 4.69) is 45.4 Å². The lowest BCUT2D eigenvalue weighted by molar-refractivity contribution is 0.187. The molecule has 1 N–H and O–H groups in total. The van der Waals surface area contributed by atoms with Crippen molar-refractivity contribution in [2.45, 2.75) is 6.04 Å². The first-order chi connectivity index (χ1) is 14.8. The molecule has 6 nitrogen and oxygen atoms in total. The number of rotatable bonds is 9. The summed E-state index contributed by atoms with van der Waals surface area (Å²) in [7, 11) is 0.580. The number of sulfonamides is 1. The topological polar surface area (TPSA) is 55.9 Å². The number of nitrogens with one attached hydrogen (secondary N) is 1. The van der Waals surface area contributed by atoms with Gasteiger partial charge in [0, 0.05) is 64.2 Å². The van der Waals surface area contributed by atoms with E-state index >= 15 is 0 Å². The fourth-order valence-corrected chi connectivity index (χ4v) is 4.66. The van der Waals surface area contributed by atoms with Crippen LogP contribution in [0.1, 0.15) is 11.6 Å². The fraction of sp³-hybridized carbons (Fsp3) is 0.391. The van der Waals surface area contributed by atoms with Gasteiger partial charge in [-0.2, -0.15) is 0 Å². The van der Waals surface area contributed by atoms with Gasteiger partial charge in [0.1, 0.15) is 5.82 Å². The maximum atomic E-state index is 13.2. The second-order valence-electron chi connectivity index (χ2n) is 7.92. The molecule has 0 spiro atoms. The van der Waals surface area contributed by atoms with Crippen molar-refractivity contribution in [3.05, 3.63) is 72.6 Å². The van der Waals surface area contributed by atoms with Crippen molar-refractivity contribution < 1.29 is 12.8 Å². The van der Waals surface area contributed by atoms with E-state index < -0.39 is 10.0 Å². The summed E-state index contributed by atoms with van der Waals surface area (Å²) in [6, 6.07) is 14.7. The molecule has 168 valence electrons. The van der Waals surface area contributed by atoms with Crippen molar-refractivity contribution in [2.75, 3.05) is 62.4 Å². The molecule has 0 radical (unpaired) electrons. The van der Waals surface area contributed by atoms with Gasteiger partial charge in [-0.15, -0.1) is 6.58 Å². The first-order valence-corrected chi connectivity index (χ1v) is 12.0. The van der Waals surface area contributed by atoms with Gasteiger partial charge >= 0.3 is 0 Å². The summed E-state index contributed by atoms with van der Waals surface area (Å²) in [6.45, 7) is 6.96. The normalized spacial score (nSPS) is 16.2. The van der Waals surface area contributed by atoms with E-state index in [4.69, 9.17) is 0 Å². The molecule has 0 saturated carbocycles. The molecule has 0 aromatic heterocycles. The third kappa shape index (κ3) is 6.29. The number of hydrogen-bond acceptors (Lipinski definition) is 5. The monoisotopic (exact) mass is 446 g/mol. The summed E-state index contributed by atoms with van der Waals surface area (Å²) < 4.78 is 40.4. The van der Waals surface area contributed by atoms with Crippen molar-refractivity contribution in [2.24, 2.45) is 0 Å². The van der Waals surface area contributed by atoms with Crippen LogP contribution in [0.4, 0.5) is 15.8 Å². The van der Waals surface area contributed by atoms with Crippen molar-refractivity contribution >= 4 is 21.4 Å². The number of piperazine rings is 1. The molecule has 1 unspecified atom stereocenters. The van der Waals surface area contributed by atoms with Gasteiger partial charge in [-0.05, 0) is 42.0 Å². The van der Waals surface area contributed by atoms with Crippen molar-refractivity contribution in [3.63, 3.8) is 0 Å². The number of benzene rings is 2. The molecule has 0 bridgehead atoms. The molecule has 2 aromatic carbocycles. The van der Waals surface area contributed by atoms with E-state index in [9.17, 15) is 12.8 Å². The van der Waals surface area contributed by atoms with Gasteiger partial charge in [-0.3, -0.25) is 4.90 Å².